The van der Waals surface area contributed by atoms with Gasteiger partial charge >= 0.3 is 5.97 Å². The number of halogens is 1. The van der Waals surface area contributed by atoms with Crippen molar-refractivity contribution in [2.45, 2.75) is 19.8 Å². The number of carbonyl (C=O) groups is 1. The van der Waals surface area contributed by atoms with Crippen molar-refractivity contribution in [1.29, 1.82) is 0 Å². The summed E-state index contributed by atoms with van der Waals surface area (Å²) in [6.07, 6.45) is 0.956. The number of esters is 1. The lowest BCUT2D eigenvalue weighted by Gasteiger charge is -2.11. The Morgan fingerprint density at radius 3 is 2.89 bits per heavy atom. The zero-order valence-corrected chi connectivity index (χ0v) is 11.6. The third kappa shape index (κ3) is 5.21. The molecule has 3 N–H and O–H groups in total. The first kappa shape index (κ1) is 15.4. The summed E-state index contributed by atoms with van der Waals surface area (Å²) in [7, 11) is 0. The Morgan fingerprint density at radius 2 is 2.26 bits per heavy atom. The van der Waals surface area contributed by atoms with Gasteiger partial charge in [-0.15, -0.1) is 0 Å². The quantitative estimate of drug-likeness (QED) is 0.456. The summed E-state index contributed by atoms with van der Waals surface area (Å²) in [5.41, 5.74) is 6.65. The Kier molecular flexibility index (Phi) is 6.21. The van der Waals surface area contributed by atoms with Crippen LogP contribution in [0, 0.1) is 5.82 Å². The highest BCUT2D eigenvalue weighted by molar-refractivity contribution is 7.80. The maximum absolute atomic E-state index is 13.1. The number of anilines is 1. The van der Waals surface area contributed by atoms with Crippen LogP contribution in [0.25, 0.3) is 0 Å². The molecule has 1 aromatic carbocycles. The van der Waals surface area contributed by atoms with Gasteiger partial charge in [0.1, 0.15) is 10.8 Å². The van der Waals surface area contributed by atoms with Crippen molar-refractivity contribution in [3.8, 4) is 0 Å². The summed E-state index contributed by atoms with van der Waals surface area (Å²) in [5, 5.41) is 3.08. The van der Waals surface area contributed by atoms with Crippen LogP contribution >= 0.6 is 12.2 Å². The van der Waals surface area contributed by atoms with Gasteiger partial charge in [0, 0.05) is 24.2 Å². The van der Waals surface area contributed by atoms with Crippen molar-refractivity contribution in [2.24, 2.45) is 5.73 Å². The van der Waals surface area contributed by atoms with Gasteiger partial charge in [-0.1, -0.05) is 12.2 Å². The second-order valence-corrected chi connectivity index (χ2v) is 4.33. The molecule has 0 atom stereocenters. The highest BCUT2D eigenvalue weighted by atomic mass is 32.1. The summed E-state index contributed by atoms with van der Waals surface area (Å²) in [6.45, 7) is 2.71. The molecule has 0 amide bonds. The Labute approximate surface area is 117 Å². The van der Waals surface area contributed by atoms with Crippen LogP contribution in [0.4, 0.5) is 10.1 Å². The van der Waals surface area contributed by atoms with Gasteiger partial charge in [0.25, 0.3) is 0 Å². The molecule has 0 aliphatic heterocycles. The van der Waals surface area contributed by atoms with Gasteiger partial charge in [-0.2, -0.15) is 0 Å². The summed E-state index contributed by atoms with van der Waals surface area (Å²) in [4.78, 5) is 11.3. The molecule has 6 heteroatoms. The van der Waals surface area contributed by atoms with E-state index >= 15 is 0 Å². The van der Waals surface area contributed by atoms with E-state index in [2.05, 4.69) is 5.32 Å². The van der Waals surface area contributed by atoms with E-state index in [0.717, 1.165) is 0 Å². The van der Waals surface area contributed by atoms with Crippen LogP contribution in [-0.4, -0.2) is 24.1 Å². The van der Waals surface area contributed by atoms with Gasteiger partial charge in [0.2, 0.25) is 0 Å². The lowest BCUT2D eigenvalue weighted by molar-refractivity contribution is -0.143. The predicted molar refractivity (Wildman–Crippen MR) is 76.6 cm³/mol. The van der Waals surface area contributed by atoms with E-state index in [1.54, 1.807) is 13.0 Å². The van der Waals surface area contributed by atoms with E-state index in [0.29, 0.717) is 37.2 Å². The maximum atomic E-state index is 13.1. The average Bonchev–Trinajstić information content (AvgIpc) is 2.36. The number of nitrogens with one attached hydrogen (secondary N) is 1. The molecular formula is C13H17FN2O2S. The van der Waals surface area contributed by atoms with E-state index in [1.165, 1.54) is 12.1 Å². The Morgan fingerprint density at radius 1 is 1.53 bits per heavy atom. The fourth-order valence-corrected chi connectivity index (χ4v) is 1.73. The minimum Gasteiger partial charge on any atom is -0.466 e. The molecule has 0 bridgehead atoms. The first-order valence-electron chi connectivity index (χ1n) is 6.03. The third-order valence-corrected chi connectivity index (χ3v) is 2.65. The first-order chi connectivity index (χ1) is 9.04. The van der Waals surface area contributed by atoms with Crippen molar-refractivity contribution in [2.75, 3.05) is 18.5 Å². The van der Waals surface area contributed by atoms with Gasteiger partial charge in [0.15, 0.2) is 0 Å². The number of hydrogen-bond donors (Lipinski definition) is 2. The smallest absolute Gasteiger partial charge is 0.305 e. The van der Waals surface area contributed by atoms with Crippen molar-refractivity contribution >= 4 is 28.9 Å². The zero-order chi connectivity index (χ0) is 14.3. The second kappa shape index (κ2) is 7.68. The Bertz CT molecular complexity index is 466. The molecule has 0 radical (unpaired) electrons. The molecule has 4 nitrogen and oxygen atoms in total. The normalized spacial score (nSPS) is 10.0. The van der Waals surface area contributed by atoms with Gasteiger partial charge in [-0.25, -0.2) is 4.39 Å². The molecule has 0 heterocycles. The van der Waals surface area contributed by atoms with Crippen LogP contribution in [0.5, 0.6) is 0 Å². The molecule has 0 unspecified atom stereocenters. The molecule has 0 fully saturated rings. The van der Waals surface area contributed by atoms with E-state index in [1.807, 2.05) is 0 Å². The van der Waals surface area contributed by atoms with E-state index < -0.39 is 0 Å². The fraction of sp³-hybridized carbons (Fsp3) is 0.385. The number of thiocarbonyl (C=S) groups is 1. The van der Waals surface area contributed by atoms with Crippen molar-refractivity contribution in [1.82, 2.24) is 0 Å². The number of ether oxygens (including phenoxy) is 1. The molecule has 0 aliphatic carbocycles. The van der Waals surface area contributed by atoms with Crippen LogP contribution in [0.2, 0.25) is 0 Å². The molecule has 1 aromatic rings. The Balaban J connectivity index is 2.49. The van der Waals surface area contributed by atoms with Crippen molar-refractivity contribution in [3.05, 3.63) is 29.6 Å². The standard InChI is InChI=1S/C13H17FN2O2S/c1-2-18-12(17)4-3-7-16-11-6-5-9(14)8-10(11)13(15)19/h5-6,8,16H,2-4,7H2,1H3,(H2,15,19). The number of benzene rings is 1. The topological polar surface area (TPSA) is 64.3 Å². The van der Waals surface area contributed by atoms with Crippen LogP contribution in [0.15, 0.2) is 18.2 Å². The minimum absolute atomic E-state index is 0.132. The lowest BCUT2D eigenvalue weighted by Crippen LogP contribution is -2.15. The largest absolute Gasteiger partial charge is 0.466 e. The van der Waals surface area contributed by atoms with Crippen molar-refractivity contribution < 1.29 is 13.9 Å². The van der Waals surface area contributed by atoms with Gasteiger partial charge in [-0.3, -0.25) is 4.79 Å². The third-order valence-electron chi connectivity index (χ3n) is 2.43. The van der Waals surface area contributed by atoms with Crippen molar-refractivity contribution in [3.63, 3.8) is 0 Å². The van der Waals surface area contributed by atoms with Crippen LogP contribution in [-0.2, 0) is 9.53 Å². The molecule has 19 heavy (non-hydrogen) atoms. The molecule has 104 valence electrons. The SMILES string of the molecule is CCOC(=O)CCCNc1ccc(F)cc1C(N)=S. The number of hydrogen-bond acceptors (Lipinski definition) is 4. The number of rotatable bonds is 7. The van der Waals surface area contributed by atoms with E-state index in [-0.39, 0.29) is 16.8 Å². The monoisotopic (exact) mass is 284 g/mol. The Hall–Kier alpha value is -1.69. The number of carbonyl (C=O) groups excluding carboxylic acids is 1. The van der Waals surface area contributed by atoms with Crippen LogP contribution < -0.4 is 11.1 Å². The highest BCUT2D eigenvalue weighted by Crippen LogP contribution is 2.17. The molecule has 0 saturated heterocycles. The van der Waals surface area contributed by atoms with Gasteiger partial charge in [0.05, 0.1) is 6.61 Å². The summed E-state index contributed by atoms with van der Waals surface area (Å²) in [5.74, 6) is -0.613. The first-order valence-corrected chi connectivity index (χ1v) is 6.44. The van der Waals surface area contributed by atoms with E-state index in [4.69, 9.17) is 22.7 Å². The number of nitrogens with two attached hydrogens (primary N) is 1. The maximum Gasteiger partial charge on any atom is 0.305 e. The predicted octanol–water partition coefficient (Wildman–Crippen LogP) is 2.22. The minimum atomic E-state index is -0.389. The summed E-state index contributed by atoms with van der Waals surface area (Å²) in [6, 6.07) is 4.19. The summed E-state index contributed by atoms with van der Waals surface area (Å²) >= 11 is 4.86. The molecule has 0 aromatic heterocycles. The molecule has 0 saturated carbocycles. The zero-order valence-electron chi connectivity index (χ0n) is 10.7. The highest BCUT2D eigenvalue weighted by Gasteiger charge is 2.07. The van der Waals surface area contributed by atoms with Gasteiger partial charge in [-0.05, 0) is 31.5 Å². The fourth-order valence-electron chi connectivity index (χ4n) is 1.56. The summed E-state index contributed by atoms with van der Waals surface area (Å²) < 4.78 is 17.9. The van der Waals surface area contributed by atoms with Crippen LogP contribution in [0.3, 0.4) is 0 Å². The van der Waals surface area contributed by atoms with Crippen LogP contribution in [0.1, 0.15) is 25.3 Å². The molecule has 1 rings (SSSR count). The molecule has 0 spiro atoms. The molecular weight excluding hydrogens is 267 g/mol. The average molecular weight is 284 g/mol. The second-order valence-electron chi connectivity index (χ2n) is 3.89. The van der Waals surface area contributed by atoms with Gasteiger partial charge < -0.3 is 15.8 Å². The van der Waals surface area contributed by atoms with E-state index in [9.17, 15) is 9.18 Å². The molecule has 0 aliphatic rings. The lowest BCUT2D eigenvalue weighted by atomic mass is 10.1.